The maximum absolute atomic E-state index is 13.3. The number of carbonyl (C=O) groups excluding carboxylic acids is 1. The molecule has 1 N–H and O–H groups in total. The zero-order chi connectivity index (χ0) is 21.0. The highest BCUT2D eigenvalue weighted by Crippen LogP contribution is 2.25. The zero-order valence-electron chi connectivity index (χ0n) is 16.5. The van der Waals surface area contributed by atoms with Crippen LogP contribution >= 0.6 is 0 Å². The number of aromatic nitrogens is 2. The first-order chi connectivity index (χ1) is 13.9. The lowest BCUT2D eigenvalue weighted by molar-refractivity contribution is -0.116. The van der Waals surface area contributed by atoms with E-state index in [2.05, 4.69) is 10.3 Å². The number of methoxy groups -OCH3 is 1. The van der Waals surface area contributed by atoms with Crippen LogP contribution in [-0.4, -0.2) is 22.6 Å². The molecule has 0 aliphatic rings. The summed E-state index contributed by atoms with van der Waals surface area (Å²) in [6.07, 6.45) is 0.566. The number of nitrogens with zero attached hydrogens (tertiary/aromatic N) is 2. The SMILES string of the molecule is CCc1cc(=O)n(CC(=O)Nc2cc(C)ccc2OC)c(-c2ccc(F)cc2)n1. The molecule has 3 rings (SSSR count). The lowest BCUT2D eigenvalue weighted by Crippen LogP contribution is -2.30. The number of nitrogens with one attached hydrogen (secondary N) is 1. The van der Waals surface area contributed by atoms with Crippen molar-refractivity contribution in [1.82, 2.24) is 9.55 Å². The Bertz CT molecular complexity index is 1090. The Hall–Kier alpha value is -3.48. The van der Waals surface area contributed by atoms with E-state index < -0.39 is 11.7 Å². The molecule has 0 spiro atoms. The van der Waals surface area contributed by atoms with Crippen LogP contribution in [0.1, 0.15) is 18.2 Å². The molecule has 0 unspecified atom stereocenters. The molecule has 29 heavy (non-hydrogen) atoms. The molecular formula is C22H22FN3O3. The lowest BCUT2D eigenvalue weighted by Gasteiger charge is -2.15. The van der Waals surface area contributed by atoms with Gasteiger partial charge in [-0.2, -0.15) is 0 Å². The summed E-state index contributed by atoms with van der Waals surface area (Å²) in [5, 5.41) is 2.78. The molecule has 2 aromatic carbocycles. The second kappa shape index (κ2) is 8.68. The molecule has 0 aliphatic heterocycles. The van der Waals surface area contributed by atoms with Gasteiger partial charge in [0, 0.05) is 17.3 Å². The van der Waals surface area contributed by atoms with Crippen LogP contribution in [0, 0.1) is 12.7 Å². The summed E-state index contributed by atoms with van der Waals surface area (Å²) in [6.45, 7) is 3.55. The van der Waals surface area contributed by atoms with Crippen LogP contribution in [0.25, 0.3) is 11.4 Å². The third-order valence-corrected chi connectivity index (χ3v) is 4.46. The van der Waals surface area contributed by atoms with E-state index in [-0.39, 0.29) is 12.1 Å². The van der Waals surface area contributed by atoms with Crippen LogP contribution in [0.4, 0.5) is 10.1 Å². The molecule has 1 aromatic heterocycles. The smallest absolute Gasteiger partial charge is 0.254 e. The summed E-state index contributed by atoms with van der Waals surface area (Å²) in [5.74, 6) is 0.0548. The minimum absolute atomic E-state index is 0.236. The summed E-state index contributed by atoms with van der Waals surface area (Å²) >= 11 is 0. The van der Waals surface area contributed by atoms with Crippen LogP contribution in [0.2, 0.25) is 0 Å². The minimum atomic E-state index is -0.398. The molecule has 0 radical (unpaired) electrons. The standard InChI is InChI=1S/C22H22FN3O3/c1-4-17-12-21(28)26(22(24-17)15-6-8-16(23)9-7-15)13-20(27)25-18-11-14(2)5-10-19(18)29-3/h5-12H,4,13H2,1-3H3,(H,25,27). The van der Waals surface area contributed by atoms with E-state index in [9.17, 15) is 14.0 Å². The van der Waals surface area contributed by atoms with Gasteiger partial charge in [0.2, 0.25) is 5.91 Å². The van der Waals surface area contributed by atoms with E-state index >= 15 is 0 Å². The van der Waals surface area contributed by atoms with Gasteiger partial charge < -0.3 is 10.1 Å². The fraction of sp³-hybridized carbons (Fsp3) is 0.227. The molecule has 0 bridgehead atoms. The summed E-state index contributed by atoms with van der Waals surface area (Å²) in [6, 6.07) is 12.5. The van der Waals surface area contributed by atoms with Gasteiger partial charge in [-0.1, -0.05) is 13.0 Å². The van der Waals surface area contributed by atoms with Gasteiger partial charge in [-0.15, -0.1) is 0 Å². The normalized spacial score (nSPS) is 10.6. The molecule has 1 amide bonds. The fourth-order valence-electron chi connectivity index (χ4n) is 2.96. The van der Waals surface area contributed by atoms with Crippen molar-refractivity contribution in [3.63, 3.8) is 0 Å². The number of anilines is 1. The number of rotatable bonds is 6. The van der Waals surface area contributed by atoms with Crippen molar-refractivity contribution in [2.75, 3.05) is 12.4 Å². The summed E-state index contributed by atoms with van der Waals surface area (Å²) < 4.78 is 19.9. The molecule has 150 valence electrons. The lowest BCUT2D eigenvalue weighted by atomic mass is 10.2. The number of ether oxygens (including phenoxy) is 1. The number of halogens is 1. The predicted octanol–water partition coefficient (Wildman–Crippen LogP) is 3.57. The van der Waals surface area contributed by atoms with Crippen molar-refractivity contribution in [3.05, 3.63) is 76.0 Å². The van der Waals surface area contributed by atoms with Crippen molar-refractivity contribution in [2.45, 2.75) is 26.8 Å². The van der Waals surface area contributed by atoms with E-state index in [0.29, 0.717) is 34.9 Å². The number of carbonyl (C=O) groups is 1. The third kappa shape index (κ3) is 4.68. The quantitative estimate of drug-likeness (QED) is 0.693. The third-order valence-electron chi connectivity index (χ3n) is 4.46. The zero-order valence-corrected chi connectivity index (χ0v) is 16.5. The van der Waals surface area contributed by atoms with Gasteiger partial charge in [0.15, 0.2) is 0 Å². The van der Waals surface area contributed by atoms with Crippen molar-refractivity contribution in [1.29, 1.82) is 0 Å². The fourth-order valence-corrected chi connectivity index (χ4v) is 2.96. The molecular weight excluding hydrogens is 373 g/mol. The molecule has 0 saturated heterocycles. The predicted molar refractivity (Wildman–Crippen MR) is 110 cm³/mol. The van der Waals surface area contributed by atoms with E-state index in [1.165, 1.54) is 42.0 Å². The number of benzene rings is 2. The molecule has 0 atom stereocenters. The molecule has 3 aromatic rings. The Balaban J connectivity index is 1.96. The van der Waals surface area contributed by atoms with Gasteiger partial charge >= 0.3 is 0 Å². The van der Waals surface area contributed by atoms with Crippen LogP contribution in [-0.2, 0) is 17.8 Å². The topological polar surface area (TPSA) is 73.2 Å². The second-order valence-electron chi connectivity index (χ2n) is 6.61. The Morgan fingerprint density at radius 2 is 1.90 bits per heavy atom. The first kappa shape index (κ1) is 20.3. The summed E-state index contributed by atoms with van der Waals surface area (Å²) in [4.78, 5) is 29.9. The highest BCUT2D eigenvalue weighted by molar-refractivity contribution is 5.92. The van der Waals surface area contributed by atoms with E-state index in [0.717, 1.165) is 5.56 Å². The average molecular weight is 395 g/mol. The van der Waals surface area contributed by atoms with Crippen LogP contribution in [0.5, 0.6) is 5.75 Å². The van der Waals surface area contributed by atoms with Gasteiger partial charge in [-0.3, -0.25) is 14.2 Å². The van der Waals surface area contributed by atoms with Gasteiger partial charge in [-0.25, -0.2) is 9.37 Å². The molecule has 1 heterocycles. The van der Waals surface area contributed by atoms with E-state index in [1.54, 1.807) is 12.1 Å². The van der Waals surface area contributed by atoms with Gasteiger partial charge in [-0.05, 0) is 55.3 Å². The number of hydrogen-bond acceptors (Lipinski definition) is 4. The Morgan fingerprint density at radius 1 is 1.17 bits per heavy atom. The summed E-state index contributed by atoms with van der Waals surface area (Å²) in [7, 11) is 1.52. The van der Waals surface area contributed by atoms with Crippen molar-refractivity contribution in [3.8, 4) is 17.1 Å². The number of hydrogen-bond donors (Lipinski definition) is 1. The van der Waals surface area contributed by atoms with Crippen LogP contribution < -0.4 is 15.6 Å². The average Bonchev–Trinajstić information content (AvgIpc) is 2.70. The highest BCUT2D eigenvalue weighted by Gasteiger charge is 2.15. The maximum Gasteiger partial charge on any atom is 0.254 e. The number of aryl methyl sites for hydroxylation is 2. The van der Waals surface area contributed by atoms with Crippen LogP contribution in [0.3, 0.4) is 0 Å². The first-order valence-electron chi connectivity index (χ1n) is 9.22. The Labute approximate surface area is 168 Å². The van der Waals surface area contributed by atoms with Gasteiger partial charge in [0.05, 0.1) is 12.8 Å². The molecule has 0 aliphatic carbocycles. The largest absolute Gasteiger partial charge is 0.495 e. The molecule has 0 saturated carbocycles. The van der Waals surface area contributed by atoms with Gasteiger partial charge in [0.25, 0.3) is 5.56 Å². The first-order valence-corrected chi connectivity index (χ1v) is 9.22. The van der Waals surface area contributed by atoms with Crippen molar-refractivity contribution >= 4 is 11.6 Å². The Kier molecular flexibility index (Phi) is 6.07. The van der Waals surface area contributed by atoms with Crippen molar-refractivity contribution < 1.29 is 13.9 Å². The molecule has 7 heteroatoms. The van der Waals surface area contributed by atoms with Crippen molar-refractivity contribution in [2.24, 2.45) is 0 Å². The second-order valence-corrected chi connectivity index (χ2v) is 6.61. The Morgan fingerprint density at radius 3 is 2.55 bits per heavy atom. The van der Waals surface area contributed by atoms with Crippen LogP contribution in [0.15, 0.2) is 53.3 Å². The highest BCUT2D eigenvalue weighted by atomic mass is 19.1. The number of amides is 1. The minimum Gasteiger partial charge on any atom is -0.495 e. The molecule has 6 nitrogen and oxygen atoms in total. The monoisotopic (exact) mass is 395 g/mol. The maximum atomic E-state index is 13.3. The van der Waals surface area contributed by atoms with E-state index in [1.807, 2.05) is 19.9 Å². The van der Waals surface area contributed by atoms with E-state index in [4.69, 9.17) is 4.74 Å². The molecule has 0 fully saturated rings. The summed E-state index contributed by atoms with van der Waals surface area (Å²) in [5.41, 5.74) is 2.29. The van der Waals surface area contributed by atoms with Gasteiger partial charge in [0.1, 0.15) is 23.9 Å².